The van der Waals surface area contributed by atoms with Crippen molar-refractivity contribution in [1.82, 2.24) is 15.6 Å². The number of H-pyrrole nitrogens is 1. The van der Waals surface area contributed by atoms with Gasteiger partial charge in [-0.15, -0.1) is 0 Å². The van der Waals surface area contributed by atoms with Gasteiger partial charge < -0.3 is 20.4 Å². The van der Waals surface area contributed by atoms with E-state index in [0.717, 1.165) is 0 Å². The highest BCUT2D eigenvalue weighted by molar-refractivity contribution is 6.43. The van der Waals surface area contributed by atoms with E-state index in [1.165, 1.54) is 32.0 Å². The lowest BCUT2D eigenvalue weighted by Crippen LogP contribution is -2.37. The fourth-order valence-corrected chi connectivity index (χ4v) is 2.80. The molecule has 1 aromatic heterocycles. The van der Waals surface area contributed by atoms with Crippen LogP contribution in [-0.4, -0.2) is 48.2 Å². The largest absolute Gasteiger partial charge is 0.462 e. The fraction of sp³-hybridized carbons (Fsp3) is 0.300. The summed E-state index contributed by atoms with van der Waals surface area (Å²) in [5, 5.41) is 4.86. The third-order valence-corrected chi connectivity index (χ3v) is 4.03. The van der Waals surface area contributed by atoms with Crippen LogP contribution in [0.1, 0.15) is 40.4 Å². The third kappa shape index (κ3) is 5.07. The van der Waals surface area contributed by atoms with E-state index in [4.69, 9.17) is 4.74 Å². The van der Waals surface area contributed by atoms with Crippen molar-refractivity contribution in [3.63, 3.8) is 0 Å². The molecule has 9 heteroatoms. The fourth-order valence-electron chi connectivity index (χ4n) is 2.80. The highest BCUT2D eigenvalue weighted by Crippen LogP contribution is 2.33. The van der Waals surface area contributed by atoms with E-state index in [2.05, 4.69) is 15.6 Å². The van der Waals surface area contributed by atoms with Gasteiger partial charge in [0.25, 0.3) is 11.7 Å². The van der Waals surface area contributed by atoms with Crippen molar-refractivity contribution in [2.45, 2.75) is 20.8 Å². The van der Waals surface area contributed by atoms with E-state index in [1.807, 2.05) is 0 Å². The van der Waals surface area contributed by atoms with Crippen molar-refractivity contribution in [1.29, 1.82) is 0 Å². The van der Waals surface area contributed by atoms with E-state index in [1.54, 1.807) is 13.0 Å². The van der Waals surface area contributed by atoms with Crippen LogP contribution in [0.15, 0.2) is 24.3 Å². The molecule has 2 amide bonds. The number of aromatic nitrogens is 1. The van der Waals surface area contributed by atoms with E-state index in [9.17, 15) is 23.6 Å². The molecule has 29 heavy (non-hydrogen) atoms. The molecule has 0 fully saturated rings. The van der Waals surface area contributed by atoms with Crippen molar-refractivity contribution in [3.8, 4) is 11.1 Å². The highest BCUT2D eigenvalue weighted by atomic mass is 19.1. The number of hydrogen-bond acceptors (Lipinski definition) is 5. The molecule has 1 heterocycles. The maximum Gasteiger partial charge on any atom is 0.340 e. The summed E-state index contributed by atoms with van der Waals surface area (Å²) in [5.41, 5.74) is 0.0190. The Morgan fingerprint density at radius 1 is 1.10 bits per heavy atom. The number of aryl methyl sites for hydroxylation is 1. The number of carbonyl (C=O) groups is 4. The molecule has 0 saturated carbocycles. The smallest absolute Gasteiger partial charge is 0.340 e. The summed E-state index contributed by atoms with van der Waals surface area (Å²) in [6, 6.07) is 5.62. The first-order chi connectivity index (χ1) is 13.8. The molecule has 0 aliphatic carbocycles. The summed E-state index contributed by atoms with van der Waals surface area (Å²) in [7, 11) is 0. The average molecular weight is 403 g/mol. The summed E-state index contributed by atoms with van der Waals surface area (Å²) in [6.07, 6.45) is 0. The van der Waals surface area contributed by atoms with Crippen LogP contribution in [0.4, 0.5) is 4.39 Å². The first kappa shape index (κ1) is 21.8. The molecule has 0 unspecified atom stereocenters. The molecule has 0 spiro atoms. The van der Waals surface area contributed by atoms with Crippen LogP contribution < -0.4 is 10.6 Å². The highest BCUT2D eigenvalue weighted by Gasteiger charge is 2.30. The van der Waals surface area contributed by atoms with Gasteiger partial charge in [0.05, 0.1) is 12.2 Å². The molecule has 8 nitrogen and oxygen atoms in total. The van der Waals surface area contributed by atoms with Crippen LogP contribution >= 0.6 is 0 Å². The Hall–Kier alpha value is -3.49. The van der Waals surface area contributed by atoms with Gasteiger partial charge in [0.1, 0.15) is 11.5 Å². The molecule has 0 bridgehead atoms. The van der Waals surface area contributed by atoms with E-state index < -0.39 is 23.5 Å². The molecule has 1 aromatic carbocycles. The van der Waals surface area contributed by atoms with Crippen LogP contribution in [0, 0.1) is 12.7 Å². The topological polar surface area (TPSA) is 117 Å². The standard InChI is InChI=1S/C20H22FN3O5/c1-4-29-20(28)15-11(2)24-17(16(15)13-7-5-6-8-14(13)21)18(26)19(27)23-10-9-22-12(3)25/h5-8,24H,4,9-10H2,1-3H3,(H,22,25)(H,23,27). The number of aromatic amines is 1. The van der Waals surface area contributed by atoms with Crippen molar-refractivity contribution < 1.29 is 28.3 Å². The summed E-state index contributed by atoms with van der Waals surface area (Å²) < 4.78 is 19.5. The van der Waals surface area contributed by atoms with Gasteiger partial charge in [-0.1, -0.05) is 18.2 Å². The Morgan fingerprint density at radius 3 is 2.38 bits per heavy atom. The van der Waals surface area contributed by atoms with Crippen LogP contribution in [-0.2, 0) is 14.3 Å². The monoisotopic (exact) mass is 403 g/mol. The van der Waals surface area contributed by atoms with Gasteiger partial charge in [-0.05, 0) is 19.9 Å². The van der Waals surface area contributed by atoms with Crippen LogP contribution in [0.5, 0.6) is 0 Å². The average Bonchev–Trinajstić information content (AvgIpc) is 3.01. The number of Topliss-reactive ketones (excluding diaryl/α,β-unsaturated/α-hetero) is 1. The molecular weight excluding hydrogens is 381 g/mol. The molecule has 0 aliphatic heterocycles. The summed E-state index contributed by atoms with van der Waals surface area (Å²) in [5.74, 6) is -3.58. The number of hydrogen-bond donors (Lipinski definition) is 3. The molecule has 0 atom stereocenters. The maximum atomic E-state index is 14.5. The van der Waals surface area contributed by atoms with Crippen molar-refractivity contribution in [2.24, 2.45) is 0 Å². The summed E-state index contributed by atoms with van der Waals surface area (Å²) in [4.78, 5) is 51.0. The van der Waals surface area contributed by atoms with Gasteiger partial charge in [0.2, 0.25) is 5.91 Å². The molecule has 0 radical (unpaired) electrons. The normalized spacial score (nSPS) is 10.3. The van der Waals surface area contributed by atoms with Gasteiger partial charge in [-0.25, -0.2) is 9.18 Å². The van der Waals surface area contributed by atoms with Gasteiger partial charge in [0.15, 0.2) is 0 Å². The van der Waals surface area contributed by atoms with Crippen LogP contribution in [0.3, 0.4) is 0 Å². The van der Waals surface area contributed by atoms with Crippen LogP contribution in [0.2, 0.25) is 0 Å². The van der Waals surface area contributed by atoms with Gasteiger partial charge in [0, 0.05) is 36.8 Å². The second kappa shape index (κ2) is 9.63. The second-order valence-corrected chi connectivity index (χ2v) is 6.14. The van der Waals surface area contributed by atoms with Gasteiger partial charge in [-0.3, -0.25) is 14.4 Å². The minimum atomic E-state index is -0.968. The minimum Gasteiger partial charge on any atom is -0.462 e. The Kier molecular flexibility index (Phi) is 7.24. The maximum absolute atomic E-state index is 14.5. The quantitative estimate of drug-likeness (QED) is 0.269. The molecule has 3 N–H and O–H groups in total. The van der Waals surface area contributed by atoms with E-state index >= 15 is 0 Å². The Bertz CT molecular complexity index is 952. The SMILES string of the molecule is CCOC(=O)c1c(C)[nH]c(C(=O)C(=O)NCCNC(C)=O)c1-c1ccccc1F. The zero-order valence-electron chi connectivity index (χ0n) is 16.3. The zero-order chi connectivity index (χ0) is 21.6. The number of esters is 1. The number of benzene rings is 1. The molecule has 0 aliphatic rings. The predicted molar refractivity (Wildman–Crippen MR) is 103 cm³/mol. The first-order valence-corrected chi connectivity index (χ1v) is 8.99. The third-order valence-electron chi connectivity index (χ3n) is 4.03. The first-order valence-electron chi connectivity index (χ1n) is 8.99. The molecule has 2 rings (SSSR count). The summed E-state index contributed by atoms with van der Waals surface area (Å²) in [6.45, 7) is 4.74. The summed E-state index contributed by atoms with van der Waals surface area (Å²) >= 11 is 0. The Labute approximate surface area is 166 Å². The molecule has 0 saturated heterocycles. The number of ketones is 1. The number of rotatable bonds is 8. The lowest BCUT2D eigenvalue weighted by molar-refractivity contribution is -0.119. The Balaban J connectivity index is 2.44. The molecular formula is C20H22FN3O5. The lowest BCUT2D eigenvalue weighted by atomic mass is 9.98. The van der Waals surface area contributed by atoms with Gasteiger partial charge >= 0.3 is 5.97 Å². The lowest BCUT2D eigenvalue weighted by Gasteiger charge is -2.09. The Morgan fingerprint density at radius 2 is 1.76 bits per heavy atom. The van der Waals surface area contributed by atoms with E-state index in [0.29, 0.717) is 0 Å². The number of nitrogens with one attached hydrogen (secondary N) is 3. The van der Waals surface area contributed by atoms with Crippen molar-refractivity contribution in [3.05, 3.63) is 47.0 Å². The second-order valence-electron chi connectivity index (χ2n) is 6.14. The number of carbonyl (C=O) groups excluding carboxylic acids is 4. The van der Waals surface area contributed by atoms with Gasteiger partial charge in [-0.2, -0.15) is 0 Å². The van der Waals surface area contributed by atoms with Crippen molar-refractivity contribution in [2.75, 3.05) is 19.7 Å². The number of amides is 2. The molecule has 2 aromatic rings. The minimum absolute atomic E-state index is 0.00528. The predicted octanol–water partition coefficient (Wildman–Crippen LogP) is 1.74. The molecule has 154 valence electrons. The van der Waals surface area contributed by atoms with E-state index in [-0.39, 0.29) is 53.7 Å². The zero-order valence-corrected chi connectivity index (χ0v) is 16.3. The van der Waals surface area contributed by atoms with Crippen molar-refractivity contribution >= 4 is 23.6 Å². The number of ether oxygens (including phenoxy) is 1. The number of halogens is 1. The van der Waals surface area contributed by atoms with Crippen LogP contribution in [0.25, 0.3) is 11.1 Å².